The summed E-state index contributed by atoms with van der Waals surface area (Å²) in [5, 5.41) is 18.3. The van der Waals surface area contributed by atoms with E-state index in [1.54, 1.807) is 17.0 Å². The fraction of sp³-hybridized carbons (Fsp3) is 0.400. The van der Waals surface area contributed by atoms with Gasteiger partial charge in [0.15, 0.2) is 5.82 Å². The maximum Gasteiger partial charge on any atom is 0.246 e. The van der Waals surface area contributed by atoms with Gasteiger partial charge in [-0.3, -0.25) is 9.89 Å². The third-order valence-corrected chi connectivity index (χ3v) is 8.91. The van der Waals surface area contributed by atoms with E-state index in [0.29, 0.717) is 52.8 Å². The first kappa shape index (κ1) is 28.2. The second kappa shape index (κ2) is 10.4. The van der Waals surface area contributed by atoms with Gasteiger partial charge in [0.1, 0.15) is 11.3 Å². The molecule has 2 N–H and O–H groups in total. The van der Waals surface area contributed by atoms with Crippen LogP contribution in [-0.2, 0) is 4.79 Å². The second-order valence-electron chi connectivity index (χ2n) is 11.6. The van der Waals surface area contributed by atoms with Crippen LogP contribution in [0.25, 0.3) is 32.9 Å². The number of amides is 1. The Morgan fingerprint density at radius 2 is 1.90 bits per heavy atom. The smallest absolute Gasteiger partial charge is 0.246 e. The number of benzene rings is 2. The maximum absolute atomic E-state index is 16.9. The van der Waals surface area contributed by atoms with Gasteiger partial charge >= 0.3 is 0 Å². The van der Waals surface area contributed by atoms with E-state index < -0.39 is 5.82 Å². The first-order chi connectivity index (χ1) is 20.0. The zero-order valence-corrected chi connectivity index (χ0v) is 25.1. The van der Waals surface area contributed by atoms with Gasteiger partial charge in [-0.15, -0.1) is 5.10 Å². The van der Waals surface area contributed by atoms with Crippen molar-refractivity contribution in [1.29, 1.82) is 0 Å². The monoisotopic (exact) mass is 592 g/mol. The van der Waals surface area contributed by atoms with E-state index in [4.69, 9.17) is 21.6 Å². The van der Waals surface area contributed by atoms with Crippen LogP contribution in [0, 0.1) is 12.7 Å². The third kappa shape index (κ3) is 4.42. The Morgan fingerprint density at radius 1 is 1.17 bits per heavy atom. The Bertz CT molecular complexity index is 1730. The molecule has 42 heavy (non-hydrogen) atoms. The van der Waals surface area contributed by atoms with Crippen LogP contribution in [0.15, 0.2) is 30.9 Å². The lowest BCUT2D eigenvalue weighted by Crippen LogP contribution is -2.59. The zero-order chi connectivity index (χ0) is 30.0. The van der Waals surface area contributed by atoms with Gasteiger partial charge in [0.05, 0.1) is 15.9 Å². The quantitative estimate of drug-likeness (QED) is 0.330. The van der Waals surface area contributed by atoms with Crippen molar-refractivity contribution in [2.24, 2.45) is 0 Å². The number of nitrogens with one attached hydrogen (secondary N) is 1. The summed E-state index contributed by atoms with van der Waals surface area (Å²) in [6.45, 7) is 11.9. The predicted octanol–water partition coefficient (Wildman–Crippen LogP) is 4.34. The summed E-state index contributed by atoms with van der Waals surface area (Å²) in [5.41, 5.74) is 2.05. The van der Waals surface area contributed by atoms with Crippen LogP contribution in [0.4, 0.5) is 16.2 Å². The minimum atomic E-state index is -0.593. The number of aryl methyl sites for hydroxylation is 1. The van der Waals surface area contributed by atoms with Gasteiger partial charge in [0.25, 0.3) is 0 Å². The van der Waals surface area contributed by atoms with Crippen molar-refractivity contribution in [3.63, 3.8) is 0 Å². The lowest BCUT2D eigenvalue weighted by atomic mass is 9.94. The highest BCUT2D eigenvalue weighted by molar-refractivity contribution is 6.35. The molecule has 1 amide bonds. The average Bonchev–Trinajstić information content (AvgIpc) is 3.30. The molecule has 0 bridgehead atoms. The normalized spacial score (nSPS) is 19.7. The van der Waals surface area contributed by atoms with Crippen molar-refractivity contribution in [1.82, 2.24) is 30.0 Å². The number of H-pyrrole nitrogens is 1. The molecule has 220 valence electrons. The molecule has 2 aromatic carbocycles. The Morgan fingerprint density at radius 3 is 2.60 bits per heavy atom. The van der Waals surface area contributed by atoms with Crippen molar-refractivity contribution in [3.05, 3.63) is 47.3 Å². The topological polar surface area (TPSA) is 105 Å². The van der Waals surface area contributed by atoms with Crippen LogP contribution in [0.3, 0.4) is 0 Å². The molecule has 2 fully saturated rings. The summed E-state index contributed by atoms with van der Waals surface area (Å²) in [6.07, 6.45) is 1.33. The number of fused-ring (bicyclic) bond motifs is 2. The zero-order valence-electron chi connectivity index (χ0n) is 24.3. The van der Waals surface area contributed by atoms with Gasteiger partial charge in [-0.05, 0) is 58.6 Å². The molecule has 0 spiro atoms. The minimum Gasteiger partial charge on any atom is -0.492 e. The highest BCUT2D eigenvalue weighted by Crippen LogP contribution is 2.44. The number of hydrogen-bond donors (Lipinski definition) is 2. The number of hydrogen-bond acceptors (Lipinski definition) is 8. The average molecular weight is 593 g/mol. The minimum absolute atomic E-state index is 0.109. The van der Waals surface area contributed by atoms with Gasteiger partial charge in [0, 0.05) is 60.8 Å². The summed E-state index contributed by atoms with van der Waals surface area (Å²) in [7, 11) is 4.06. The van der Waals surface area contributed by atoms with E-state index in [1.807, 2.05) is 45.8 Å². The Labute approximate surface area is 248 Å². The van der Waals surface area contributed by atoms with Gasteiger partial charge in [-0.2, -0.15) is 4.98 Å². The number of aromatic hydroxyl groups is 1. The fourth-order valence-corrected chi connectivity index (χ4v) is 6.36. The predicted molar refractivity (Wildman–Crippen MR) is 164 cm³/mol. The number of rotatable bonds is 5. The molecular formula is C30H34ClFN8O2. The molecule has 2 atom stereocenters. The van der Waals surface area contributed by atoms with Crippen molar-refractivity contribution in [2.45, 2.75) is 38.9 Å². The molecule has 2 aliphatic rings. The van der Waals surface area contributed by atoms with Crippen LogP contribution in [0.5, 0.6) is 5.88 Å². The first-order valence-corrected chi connectivity index (χ1v) is 14.4. The van der Waals surface area contributed by atoms with Gasteiger partial charge in [-0.1, -0.05) is 24.2 Å². The first-order valence-electron chi connectivity index (χ1n) is 14.0. The maximum atomic E-state index is 16.9. The molecule has 0 unspecified atom stereocenters. The number of anilines is 2. The molecule has 0 aliphatic carbocycles. The molecule has 2 aromatic heterocycles. The van der Waals surface area contributed by atoms with E-state index in [9.17, 15) is 9.90 Å². The van der Waals surface area contributed by atoms with Crippen molar-refractivity contribution < 1.29 is 14.3 Å². The van der Waals surface area contributed by atoms with Gasteiger partial charge in [0.2, 0.25) is 17.7 Å². The molecule has 4 heterocycles. The third-order valence-electron chi connectivity index (χ3n) is 8.61. The van der Waals surface area contributed by atoms with Crippen LogP contribution < -0.4 is 9.80 Å². The largest absolute Gasteiger partial charge is 0.492 e. The fourth-order valence-electron chi connectivity index (χ4n) is 6.07. The number of carbonyl (C=O) groups excluding carboxylic acids is 1. The molecular weight excluding hydrogens is 559 g/mol. The number of aromatic amines is 1. The second-order valence-corrected chi connectivity index (χ2v) is 12.0. The molecule has 2 aliphatic heterocycles. The number of aromatic nitrogens is 4. The molecule has 12 heteroatoms. The summed E-state index contributed by atoms with van der Waals surface area (Å²) < 4.78 is 16.9. The van der Waals surface area contributed by atoms with Crippen LogP contribution >= 0.6 is 11.6 Å². The van der Waals surface area contributed by atoms with E-state index in [0.717, 1.165) is 18.7 Å². The van der Waals surface area contributed by atoms with Crippen LogP contribution in [0.1, 0.15) is 19.4 Å². The lowest BCUT2D eigenvalue weighted by molar-refractivity contribution is -0.128. The highest BCUT2D eigenvalue weighted by Gasteiger charge is 2.36. The number of carbonyl (C=O) groups is 1. The number of piperazine rings is 1. The summed E-state index contributed by atoms with van der Waals surface area (Å²) in [4.78, 5) is 30.4. The Kier molecular flexibility index (Phi) is 6.97. The molecule has 0 saturated carbocycles. The molecule has 4 aromatic rings. The summed E-state index contributed by atoms with van der Waals surface area (Å²) >= 11 is 6.88. The SMILES string of the molecule is C=CC(=O)N1C[C@H](C)N(c2nc(N3CC(N(C)C)C3)nc3c(F)c(-c4c(C)ccc5[nH]nc(O)c45)c(Cl)cc23)C[C@H]1C. The number of likely N-dealkylation sites (N-methyl/N-ethyl adjacent to an activating group) is 1. The van der Waals surface area contributed by atoms with E-state index in [-0.39, 0.29) is 40.0 Å². The van der Waals surface area contributed by atoms with E-state index in [2.05, 4.69) is 26.6 Å². The van der Waals surface area contributed by atoms with E-state index in [1.165, 1.54) is 6.08 Å². The van der Waals surface area contributed by atoms with Gasteiger partial charge < -0.3 is 24.7 Å². The Hall–Kier alpha value is -3.96. The molecule has 0 radical (unpaired) electrons. The van der Waals surface area contributed by atoms with E-state index >= 15 is 4.39 Å². The molecule has 10 nitrogen and oxygen atoms in total. The molecule has 6 rings (SSSR count). The van der Waals surface area contributed by atoms with Crippen molar-refractivity contribution >= 4 is 51.1 Å². The van der Waals surface area contributed by atoms with Crippen molar-refractivity contribution in [2.75, 3.05) is 50.1 Å². The summed E-state index contributed by atoms with van der Waals surface area (Å²) in [5.74, 6) is 0.0660. The van der Waals surface area contributed by atoms with Crippen LogP contribution in [-0.4, -0.2) is 99.4 Å². The lowest BCUT2D eigenvalue weighted by Gasteiger charge is -2.45. The van der Waals surface area contributed by atoms with Gasteiger partial charge in [-0.25, -0.2) is 9.37 Å². The number of nitrogens with zero attached hydrogens (tertiary/aromatic N) is 7. The Balaban J connectivity index is 1.55. The standard InChI is InChI=1S/C30H34ClFN8O2/c1-7-22(41)39-11-17(4)40(12-16(39)3)28-19-10-20(31)24(23-15(2)8-9-21-25(23)29(42)36-35-21)26(32)27(19)33-30(34-28)38-13-18(14-38)37(5)6/h7-10,16-18H,1,11-14H2,2-6H3,(H2,35,36,42)/t16-,17+/m1/s1. The summed E-state index contributed by atoms with van der Waals surface area (Å²) in [6, 6.07) is 5.45. The van der Waals surface area contributed by atoms with Crippen LogP contribution in [0.2, 0.25) is 5.02 Å². The highest BCUT2D eigenvalue weighted by atomic mass is 35.5. The number of halogens is 2. The molecule has 2 saturated heterocycles. The van der Waals surface area contributed by atoms with Crippen molar-refractivity contribution in [3.8, 4) is 17.0 Å².